The molecule has 0 aliphatic rings. The summed E-state index contributed by atoms with van der Waals surface area (Å²) in [6.45, 7) is 3.41. The van der Waals surface area contributed by atoms with Crippen LogP contribution in [0.1, 0.15) is 33.1 Å². The van der Waals surface area contributed by atoms with Gasteiger partial charge in [-0.3, -0.25) is 19.2 Å². The van der Waals surface area contributed by atoms with Gasteiger partial charge in [-0.25, -0.2) is 4.79 Å². The first-order valence-electron chi connectivity index (χ1n) is 9.04. The van der Waals surface area contributed by atoms with E-state index in [1.807, 2.05) is 13.8 Å². The Kier molecular flexibility index (Phi) is 12.7. The van der Waals surface area contributed by atoms with Gasteiger partial charge < -0.3 is 31.9 Å². The third-order valence-corrected chi connectivity index (χ3v) is 4.38. The third kappa shape index (κ3) is 12.0. The number of aliphatic carboxylic acids is 2. The van der Waals surface area contributed by atoms with Gasteiger partial charge in [-0.1, -0.05) is 13.8 Å². The SMILES string of the molecule is CSCCC(NC(=O)CNC(=O)C(N)CC(C)C)C(=O)NC(CC(=O)O)C(=O)O. The van der Waals surface area contributed by atoms with Crippen molar-refractivity contribution < 1.29 is 34.2 Å². The number of carbonyl (C=O) groups excluding carboxylic acids is 3. The minimum Gasteiger partial charge on any atom is -0.481 e. The lowest BCUT2D eigenvalue weighted by atomic mass is 10.0. The lowest BCUT2D eigenvalue weighted by Crippen LogP contribution is -2.54. The summed E-state index contributed by atoms with van der Waals surface area (Å²) in [6, 6.07) is -3.46. The number of carbonyl (C=O) groups is 5. The molecule has 166 valence electrons. The molecule has 12 heteroatoms. The molecule has 0 aliphatic heterocycles. The quantitative estimate of drug-likeness (QED) is 0.194. The highest BCUT2D eigenvalue weighted by Gasteiger charge is 2.28. The molecule has 0 aromatic heterocycles. The van der Waals surface area contributed by atoms with Gasteiger partial charge in [0, 0.05) is 0 Å². The molecule has 3 atom stereocenters. The highest BCUT2D eigenvalue weighted by molar-refractivity contribution is 7.98. The Morgan fingerprint density at radius 1 is 1.00 bits per heavy atom. The smallest absolute Gasteiger partial charge is 0.326 e. The van der Waals surface area contributed by atoms with Crippen LogP contribution in [0, 0.1) is 5.92 Å². The van der Waals surface area contributed by atoms with Gasteiger partial charge in [-0.05, 0) is 30.8 Å². The molecule has 0 fully saturated rings. The molecule has 0 aliphatic carbocycles. The van der Waals surface area contributed by atoms with Crippen LogP contribution < -0.4 is 21.7 Å². The lowest BCUT2D eigenvalue weighted by Gasteiger charge is -2.21. The fourth-order valence-corrected chi connectivity index (χ4v) is 2.78. The van der Waals surface area contributed by atoms with Crippen LogP contribution in [0.4, 0.5) is 0 Å². The Labute approximate surface area is 173 Å². The Bertz CT molecular complexity index is 600. The van der Waals surface area contributed by atoms with Crippen LogP contribution in [-0.2, 0) is 24.0 Å². The van der Waals surface area contributed by atoms with Gasteiger partial charge in [-0.15, -0.1) is 0 Å². The Morgan fingerprint density at radius 3 is 2.10 bits per heavy atom. The number of thioether (sulfide) groups is 1. The summed E-state index contributed by atoms with van der Waals surface area (Å²) in [5, 5.41) is 24.7. The maximum Gasteiger partial charge on any atom is 0.326 e. The predicted molar refractivity (Wildman–Crippen MR) is 107 cm³/mol. The molecular weight excluding hydrogens is 404 g/mol. The van der Waals surface area contributed by atoms with Crippen molar-refractivity contribution in [3.05, 3.63) is 0 Å². The zero-order chi connectivity index (χ0) is 22.6. The molecule has 0 aromatic rings. The zero-order valence-electron chi connectivity index (χ0n) is 16.8. The van der Waals surface area contributed by atoms with Gasteiger partial charge in [0.1, 0.15) is 12.1 Å². The first-order chi connectivity index (χ1) is 13.5. The van der Waals surface area contributed by atoms with E-state index < -0.39 is 60.8 Å². The molecule has 29 heavy (non-hydrogen) atoms. The highest BCUT2D eigenvalue weighted by Crippen LogP contribution is 2.04. The fourth-order valence-electron chi connectivity index (χ4n) is 2.31. The van der Waals surface area contributed by atoms with Gasteiger partial charge in [0.25, 0.3) is 0 Å². The molecule has 7 N–H and O–H groups in total. The molecule has 0 aromatic carbocycles. The maximum absolute atomic E-state index is 12.3. The normalized spacial score (nSPS) is 13.8. The molecule has 0 bridgehead atoms. The van der Waals surface area contributed by atoms with E-state index in [4.69, 9.17) is 15.9 Å². The lowest BCUT2D eigenvalue weighted by molar-refractivity contribution is -0.147. The van der Waals surface area contributed by atoms with Crippen molar-refractivity contribution in [1.82, 2.24) is 16.0 Å². The average Bonchev–Trinajstić information content (AvgIpc) is 2.61. The maximum atomic E-state index is 12.3. The topological polar surface area (TPSA) is 188 Å². The molecule has 3 unspecified atom stereocenters. The zero-order valence-corrected chi connectivity index (χ0v) is 17.6. The van der Waals surface area contributed by atoms with Gasteiger partial charge in [0.15, 0.2) is 0 Å². The van der Waals surface area contributed by atoms with Crippen molar-refractivity contribution in [2.75, 3.05) is 18.6 Å². The monoisotopic (exact) mass is 434 g/mol. The van der Waals surface area contributed by atoms with Crippen molar-refractivity contribution in [2.45, 2.75) is 51.2 Å². The number of nitrogens with one attached hydrogen (secondary N) is 3. The van der Waals surface area contributed by atoms with Crippen LogP contribution in [0.5, 0.6) is 0 Å². The standard InChI is InChI=1S/C17H30N4O7S/c1-9(2)6-10(18)15(25)19-8-13(22)20-11(4-5-29-3)16(26)21-12(17(27)28)7-14(23)24/h9-12H,4-8,18H2,1-3H3,(H,19,25)(H,20,22)(H,21,26)(H,23,24)(H,27,28). The van der Waals surface area contributed by atoms with Crippen LogP contribution >= 0.6 is 11.8 Å². The summed E-state index contributed by atoms with van der Waals surface area (Å²) in [5.74, 6) is -4.15. The number of hydrogen-bond acceptors (Lipinski definition) is 7. The third-order valence-electron chi connectivity index (χ3n) is 3.74. The average molecular weight is 435 g/mol. The van der Waals surface area contributed by atoms with Crippen LogP contribution in [0.2, 0.25) is 0 Å². The molecule has 3 amide bonds. The minimum atomic E-state index is -1.62. The van der Waals surface area contributed by atoms with Crippen LogP contribution in [0.3, 0.4) is 0 Å². The van der Waals surface area contributed by atoms with E-state index in [1.54, 1.807) is 6.26 Å². The number of nitrogens with two attached hydrogens (primary N) is 1. The van der Waals surface area contributed by atoms with E-state index >= 15 is 0 Å². The summed E-state index contributed by atoms with van der Waals surface area (Å²) in [7, 11) is 0. The summed E-state index contributed by atoms with van der Waals surface area (Å²) in [4.78, 5) is 58.2. The van der Waals surface area contributed by atoms with Gasteiger partial charge >= 0.3 is 11.9 Å². The largest absolute Gasteiger partial charge is 0.481 e. The highest BCUT2D eigenvalue weighted by atomic mass is 32.2. The summed E-state index contributed by atoms with van der Waals surface area (Å²) in [6.07, 6.45) is 1.64. The minimum absolute atomic E-state index is 0.193. The fraction of sp³-hybridized carbons (Fsp3) is 0.706. The Morgan fingerprint density at radius 2 is 1.62 bits per heavy atom. The van der Waals surface area contributed by atoms with E-state index in [2.05, 4.69) is 16.0 Å². The number of carboxylic acid groups (broad SMARTS) is 2. The molecule has 0 saturated carbocycles. The van der Waals surface area contributed by atoms with Crippen LogP contribution in [-0.4, -0.2) is 76.6 Å². The van der Waals surface area contributed by atoms with E-state index in [0.29, 0.717) is 12.2 Å². The molecule has 0 radical (unpaired) electrons. The van der Waals surface area contributed by atoms with Gasteiger partial charge in [-0.2, -0.15) is 11.8 Å². The van der Waals surface area contributed by atoms with Crippen molar-refractivity contribution >= 4 is 41.4 Å². The van der Waals surface area contributed by atoms with Crippen LogP contribution in [0.15, 0.2) is 0 Å². The second kappa shape index (κ2) is 13.8. The van der Waals surface area contributed by atoms with E-state index in [1.165, 1.54) is 11.8 Å². The van der Waals surface area contributed by atoms with E-state index in [-0.39, 0.29) is 12.3 Å². The van der Waals surface area contributed by atoms with Crippen molar-refractivity contribution in [3.8, 4) is 0 Å². The van der Waals surface area contributed by atoms with Gasteiger partial charge in [0.05, 0.1) is 19.0 Å². The number of amides is 3. The van der Waals surface area contributed by atoms with Gasteiger partial charge in [0.2, 0.25) is 17.7 Å². The molecule has 0 saturated heterocycles. The van der Waals surface area contributed by atoms with Crippen molar-refractivity contribution in [1.29, 1.82) is 0 Å². The van der Waals surface area contributed by atoms with Crippen LogP contribution in [0.25, 0.3) is 0 Å². The molecule has 0 heterocycles. The Hall–Kier alpha value is -2.34. The van der Waals surface area contributed by atoms with E-state index in [9.17, 15) is 24.0 Å². The molecule has 0 spiro atoms. The predicted octanol–water partition coefficient (Wildman–Crippen LogP) is -1.24. The number of carboxylic acids is 2. The second-order valence-electron chi connectivity index (χ2n) is 6.85. The number of hydrogen-bond donors (Lipinski definition) is 6. The molecule has 11 nitrogen and oxygen atoms in total. The summed E-state index contributed by atoms with van der Waals surface area (Å²) >= 11 is 1.41. The van der Waals surface area contributed by atoms with Crippen molar-refractivity contribution in [3.63, 3.8) is 0 Å². The first kappa shape index (κ1) is 26.7. The first-order valence-corrected chi connectivity index (χ1v) is 10.4. The molecule has 0 rings (SSSR count). The number of rotatable bonds is 14. The van der Waals surface area contributed by atoms with E-state index in [0.717, 1.165) is 0 Å². The molecular formula is C17H30N4O7S. The second-order valence-corrected chi connectivity index (χ2v) is 7.84. The Balaban J connectivity index is 4.85. The summed E-state index contributed by atoms with van der Waals surface area (Å²) in [5.41, 5.74) is 5.73. The summed E-state index contributed by atoms with van der Waals surface area (Å²) < 4.78 is 0. The van der Waals surface area contributed by atoms with Crippen molar-refractivity contribution in [2.24, 2.45) is 11.7 Å².